The minimum atomic E-state index is 0.525. The van der Waals surface area contributed by atoms with Crippen LogP contribution in [0.3, 0.4) is 0 Å². The number of hydrogen-bond acceptors (Lipinski definition) is 1. The van der Waals surface area contributed by atoms with Gasteiger partial charge >= 0.3 is 0 Å². The fraction of sp³-hybridized carbons (Fsp3) is 0.600. The van der Waals surface area contributed by atoms with Gasteiger partial charge < -0.3 is 5.32 Å². The molecular weight excluding hydrogens is 265 g/mol. The number of rotatable bonds is 8. The Hall–Kier alpha value is -0.240. The SMILES string of the molecule is CCCCCCC(C)NCc1cccc(Cl)c1Cl. The molecule has 3 heteroatoms. The van der Waals surface area contributed by atoms with Crippen LogP contribution in [0.4, 0.5) is 0 Å². The standard InChI is InChI=1S/C15H23Cl2N/c1-3-4-5-6-8-12(2)18-11-13-9-7-10-14(16)15(13)17/h7,9-10,12,18H,3-6,8,11H2,1-2H3. The lowest BCUT2D eigenvalue weighted by atomic mass is 10.1. The van der Waals surface area contributed by atoms with E-state index in [1.807, 2.05) is 18.2 Å². The molecule has 0 spiro atoms. The predicted molar refractivity (Wildman–Crippen MR) is 81.5 cm³/mol. The topological polar surface area (TPSA) is 12.0 Å². The fourth-order valence-electron chi connectivity index (χ4n) is 1.95. The number of unbranched alkanes of at least 4 members (excludes halogenated alkanes) is 3. The molecule has 0 saturated carbocycles. The van der Waals surface area contributed by atoms with Gasteiger partial charge in [0.25, 0.3) is 0 Å². The van der Waals surface area contributed by atoms with Crippen LogP contribution in [0.25, 0.3) is 0 Å². The van der Waals surface area contributed by atoms with Crippen molar-refractivity contribution in [2.24, 2.45) is 0 Å². The Kier molecular flexibility index (Phi) is 7.73. The van der Waals surface area contributed by atoms with Crippen molar-refractivity contribution in [2.45, 2.75) is 58.5 Å². The first-order valence-electron chi connectivity index (χ1n) is 6.81. The monoisotopic (exact) mass is 287 g/mol. The van der Waals surface area contributed by atoms with Crippen molar-refractivity contribution in [1.29, 1.82) is 0 Å². The summed E-state index contributed by atoms with van der Waals surface area (Å²) in [6.07, 6.45) is 6.48. The van der Waals surface area contributed by atoms with Crippen LogP contribution < -0.4 is 5.32 Å². The van der Waals surface area contributed by atoms with Crippen LogP contribution in [0.5, 0.6) is 0 Å². The minimum Gasteiger partial charge on any atom is -0.310 e. The van der Waals surface area contributed by atoms with Crippen molar-refractivity contribution in [2.75, 3.05) is 0 Å². The molecule has 0 bridgehead atoms. The second kappa shape index (κ2) is 8.79. The largest absolute Gasteiger partial charge is 0.310 e. The Labute approximate surface area is 121 Å². The molecule has 1 atom stereocenters. The van der Waals surface area contributed by atoms with Crippen molar-refractivity contribution < 1.29 is 0 Å². The molecule has 0 amide bonds. The van der Waals surface area contributed by atoms with Gasteiger partial charge in [0.15, 0.2) is 0 Å². The van der Waals surface area contributed by atoms with Gasteiger partial charge in [-0.25, -0.2) is 0 Å². The van der Waals surface area contributed by atoms with Gasteiger partial charge in [-0.15, -0.1) is 0 Å². The van der Waals surface area contributed by atoms with E-state index in [1.165, 1.54) is 32.1 Å². The van der Waals surface area contributed by atoms with E-state index in [0.29, 0.717) is 16.1 Å². The quantitative estimate of drug-likeness (QED) is 0.628. The normalized spacial score (nSPS) is 12.7. The molecule has 1 rings (SSSR count). The zero-order chi connectivity index (χ0) is 13.4. The molecular formula is C15H23Cl2N. The number of hydrogen-bond donors (Lipinski definition) is 1. The van der Waals surface area contributed by atoms with Gasteiger partial charge in [-0.1, -0.05) is 67.9 Å². The summed E-state index contributed by atoms with van der Waals surface area (Å²) >= 11 is 12.1. The Morgan fingerprint density at radius 3 is 2.67 bits per heavy atom. The Balaban J connectivity index is 2.29. The second-order valence-corrected chi connectivity index (χ2v) is 5.63. The molecule has 1 nitrogen and oxygen atoms in total. The summed E-state index contributed by atoms with van der Waals surface area (Å²) in [5.74, 6) is 0. The van der Waals surface area contributed by atoms with Crippen molar-refractivity contribution in [3.8, 4) is 0 Å². The lowest BCUT2D eigenvalue weighted by Crippen LogP contribution is -2.25. The average molecular weight is 288 g/mol. The second-order valence-electron chi connectivity index (χ2n) is 4.84. The van der Waals surface area contributed by atoms with Gasteiger partial charge in [-0.3, -0.25) is 0 Å². The van der Waals surface area contributed by atoms with Gasteiger partial charge in [0.2, 0.25) is 0 Å². The van der Waals surface area contributed by atoms with E-state index in [0.717, 1.165) is 12.1 Å². The molecule has 1 aromatic rings. The zero-order valence-corrected chi connectivity index (χ0v) is 12.8. The van der Waals surface area contributed by atoms with Gasteiger partial charge in [-0.05, 0) is 25.0 Å². The van der Waals surface area contributed by atoms with E-state index in [2.05, 4.69) is 19.2 Å². The highest BCUT2D eigenvalue weighted by Gasteiger charge is 2.06. The van der Waals surface area contributed by atoms with E-state index in [4.69, 9.17) is 23.2 Å². The van der Waals surface area contributed by atoms with Crippen molar-refractivity contribution in [3.63, 3.8) is 0 Å². The van der Waals surface area contributed by atoms with Crippen LogP contribution in [0.1, 0.15) is 51.5 Å². The minimum absolute atomic E-state index is 0.525. The first-order chi connectivity index (χ1) is 8.65. The summed E-state index contributed by atoms with van der Waals surface area (Å²) in [7, 11) is 0. The highest BCUT2D eigenvalue weighted by Crippen LogP contribution is 2.25. The predicted octanol–water partition coefficient (Wildman–Crippen LogP) is 5.44. The van der Waals surface area contributed by atoms with Gasteiger partial charge in [0, 0.05) is 12.6 Å². The molecule has 0 heterocycles. The third kappa shape index (κ3) is 5.60. The molecule has 0 aliphatic carbocycles. The fourth-order valence-corrected chi connectivity index (χ4v) is 2.34. The van der Waals surface area contributed by atoms with E-state index in [9.17, 15) is 0 Å². The number of benzene rings is 1. The molecule has 0 radical (unpaired) electrons. The maximum absolute atomic E-state index is 6.15. The van der Waals surface area contributed by atoms with Gasteiger partial charge in [-0.2, -0.15) is 0 Å². The maximum atomic E-state index is 6.15. The van der Waals surface area contributed by atoms with Crippen molar-refractivity contribution in [3.05, 3.63) is 33.8 Å². The van der Waals surface area contributed by atoms with Gasteiger partial charge in [0.05, 0.1) is 10.0 Å². The number of halogens is 2. The smallest absolute Gasteiger partial charge is 0.0637 e. The molecule has 0 aliphatic heterocycles. The van der Waals surface area contributed by atoms with E-state index >= 15 is 0 Å². The highest BCUT2D eigenvalue weighted by atomic mass is 35.5. The third-order valence-corrected chi connectivity index (χ3v) is 4.02. The lowest BCUT2D eigenvalue weighted by molar-refractivity contribution is 0.483. The summed E-state index contributed by atoms with van der Waals surface area (Å²) in [4.78, 5) is 0. The maximum Gasteiger partial charge on any atom is 0.0637 e. The molecule has 0 fully saturated rings. The average Bonchev–Trinajstić information content (AvgIpc) is 2.36. The molecule has 102 valence electrons. The van der Waals surface area contributed by atoms with E-state index < -0.39 is 0 Å². The highest BCUT2D eigenvalue weighted by molar-refractivity contribution is 6.42. The molecule has 1 N–H and O–H groups in total. The summed E-state index contributed by atoms with van der Waals surface area (Å²) in [5.41, 5.74) is 1.07. The number of nitrogens with one attached hydrogen (secondary N) is 1. The Morgan fingerprint density at radius 2 is 1.94 bits per heavy atom. The van der Waals surface area contributed by atoms with Crippen LogP contribution in [0, 0.1) is 0 Å². The molecule has 1 unspecified atom stereocenters. The Bertz CT molecular complexity index is 352. The molecule has 0 aliphatic rings. The van der Waals surface area contributed by atoms with E-state index in [-0.39, 0.29) is 0 Å². The van der Waals surface area contributed by atoms with E-state index in [1.54, 1.807) is 0 Å². The first-order valence-corrected chi connectivity index (χ1v) is 7.57. The molecule has 0 saturated heterocycles. The van der Waals surface area contributed by atoms with Crippen LogP contribution in [0.15, 0.2) is 18.2 Å². The summed E-state index contributed by atoms with van der Waals surface area (Å²) in [5, 5.41) is 4.80. The van der Waals surface area contributed by atoms with Crippen molar-refractivity contribution >= 4 is 23.2 Å². The molecule has 18 heavy (non-hydrogen) atoms. The Morgan fingerprint density at radius 1 is 1.17 bits per heavy atom. The summed E-state index contributed by atoms with van der Waals surface area (Å²) in [6.45, 7) is 5.25. The third-order valence-electron chi connectivity index (χ3n) is 3.16. The summed E-state index contributed by atoms with van der Waals surface area (Å²) < 4.78 is 0. The molecule has 0 aromatic heterocycles. The van der Waals surface area contributed by atoms with Crippen LogP contribution >= 0.6 is 23.2 Å². The summed E-state index contributed by atoms with van der Waals surface area (Å²) in [6, 6.07) is 6.31. The van der Waals surface area contributed by atoms with Crippen LogP contribution in [-0.4, -0.2) is 6.04 Å². The van der Waals surface area contributed by atoms with Gasteiger partial charge in [0.1, 0.15) is 0 Å². The first kappa shape index (κ1) is 15.8. The lowest BCUT2D eigenvalue weighted by Gasteiger charge is -2.14. The zero-order valence-electron chi connectivity index (χ0n) is 11.3. The van der Waals surface area contributed by atoms with Crippen molar-refractivity contribution in [1.82, 2.24) is 5.32 Å². The molecule has 1 aromatic carbocycles. The van der Waals surface area contributed by atoms with Crippen LogP contribution in [-0.2, 0) is 6.54 Å². The van der Waals surface area contributed by atoms with Crippen LogP contribution in [0.2, 0.25) is 10.0 Å².